The Bertz CT molecular complexity index is 615. The molecule has 0 aromatic heterocycles. The van der Waals surface area contributed by atoms with Crippen molar-refractivity contribution in [3.63, 3.8) is 0 Å². The molecule has 0 saturated carbocycles. The smallest absolute Gasteiger partial charge is 0.223 e. The van der Waals surface area contributed by atoms with Gasteiger partial charge < -0.3 is 14.7 Å². The highest BCUT2D eigenvalue weighted by Crippen LogP contribution is 2.12. The second-order valence-electron chi connectivity index (χ2n) is 7.90. The number of benzene rings is 1. The first-order chi connectivity index (χ1) is 13.1. The van der Waals surface area contributed by atoms with Crippen molar-refractivity contribution in [3.05, 3.63) is 35.4 Å². The molecule has 0 N–H and O–H groups in total. The zero-order chi connectivity index (χ0) is 19.1. The van der Waals surface area contributed by atoms with Gasteiger partial charge in [-0.1, -0.05) is 29.8 Å². The molecule has 2 aliphatic heterocycles. The number of carbonyl (C=O) groups excluding carboxylic acids is 2. The maximum atomic E-state index is 12.4. The van der Waals surface area contributed by atoms with Crippen LogP contribution in [0.15, 0.2) is 24.3 Å². The third-order valence-electron chi connectivity index (χ3n) is 5.80. The minimum Gasteiger partial charge on any atom is -0.339 e. The van der Waals surface area contributed by atoms with E-state index in [2.05, 4.69) is 36.1 Å². The van der Waals surface area contributed by atoms with Gasteiger partial charge in [0.15, 0.2) is 0 Å². The summed E-state index contributed by atoms with van der Waals surface area (Å²) in [6, 6.07) is 8.53. The Morgan fingerprint density at radius 2 is 1.37 bits per heavy atom. The number of piperazine rings is 1. The van der Waals surface area contributed by atoms with Crippen LogP contribution in [0.2, 0.25) is 0 Å². The van der Waals surface area contributed by atoms with Crippen LogP contribution in [0, 0.1) is 6.92 Å². The van der Waals surface area contributed by atoms with E-state index >= 15 is 0 Å². The zero-order valence-corrected chi connectivity index (χ0v) is 16.7. The van der Waals surface area contributed by atoms with Crippen LogP contribution in [-0.4, -0.2) is 72.3 Å². The quantitative estimate of drug-likeness (QED) is 0.740. The molecule has 5 nitrogen and oxygen atoms in total. The molecule has 0 radical (unpaired) electrons. The molecular weight excluding hydrogens is 338 g/mol. The molecule has 2 fully saturated rings. The molecule has 2 saturated heterocycles. The predicted octanol–water partition coefficient (Wildman–Crippen LogP) is 2.47. The number of amides is 2. The van der Waals surface area contributed by atoms with Crippen molar-refractivity contribution in [2.45, 2.75) is 45.4 Å². The van der Waals surface area contributed by atoms with Crippen molar-refractivity contribution in [2.75, 3.05) is 45.8 Å². The summed E-state index contributed by atoms with van der Waals surface area (Å²) >= 11 is 0. The summed E-state index contributed by atoms with van der Waals surface area (Å²) in [5.41, 5.74) is 2.56. The van der Waals surface area contributed by atoms with E-state index in [1.807, 2.05) is 9.80 Å². The first-order valence-electron chi connectivity index (χ1n) is 10.5. The minimum absolute atomic E-state index is 0.228. The Kier molecular flexibility index (Phi) is 7.27. The normalized spacial score (nSPS) is 18.1. The standard InChI is InChI=1S/C22H33N3O2/c1-19-7-9-20(10-8-19)5-4-6-21(26)24-15-17-25(18-16-24)22(27)11-14-23-12-2-3-13-23/h7-10H,2-6,11-18H2,1H3. The van der Waals surface area contributed by atoms with Crippen molar-refractivity contribution in [1.29, 1.82) is 0 Å². The Hall–Kier alpha value is -1.88. The molecule has 0 bridgehead atoms. The molecule has 0 unspecified atom stereocenters. The molecule has 148 valence electrons. The summed E-state index contributed by atoms with van der Waals surface area (Å²) in [4.78, 5) is 31.1. The van der Waals surface area contributed by atoms with E-state index in [0.717, 1.165) is 32.5 Å². The summed E-state index contributed by atoms with van der Waals surface area (Å²) < 4.78 is 0. The van der Waals surface area contributed by atoms with Gasteiger partial charge in [0.05, 0.1) is 0 Å². The fourth-order valence-corrected chi connectivity index (χ4v) is 3.98. The van der Waals surface area contributed by atoms with Crippen LogP contribution in [-0.2, 0) is 16.0 Å². The Balaban J connectivity index is 1.32. The number of nitrogens with zero attached hydrogens (tertiary/aromatic N) is 3. The lowest BCUT2D eigenvalue weighted by atomic mass is 10.1. The van der Waals surface area contributed by atoms with Crippen molar-refractivity contribution < 1.29 is 9.59 Å². The lowest BCUT2D eigenvalue weighted by molar-refractivity contribution is -0.139. The molecule has 5 heteroatoms. The molecule has 0 atom stereocenters. The summed E-state index contributed by atoms with van der Waals surface area (Å²) in [5, 5.41) is 0. The highest BCUT2D eigenvalue weighted by molar-refractivity contribution is 5.78. The molecule has 27 heavy (non-hydrogen) atoms. The van der Waals surface area contributed by atoms with Crippen LogP contribution in [0.4, 0.5) is 0 Å². The molecule has 1 aromatic rings. The van der Waals surface area contributed by atoms with Crippen LogP contribution in [0.5, 0.6) is 0 Å². The summed E-state index contributed by atoms with van der Waals surface area (Å²) in [5.74, 6) is 0.472. The number of carbonyl (C=O) groups is 2. The van der Waals surface area contributed by atoms with Crippen molar-refractivity contribution in [3.8, 4) is 0 Å². The summed E-state index contributed by atoms with van der Waals surface area (Å²) in [6.45, 7) is 7.97. The largest absolute Gasteiger partial charge is 0.339 e. The third-order valence-corrected chi connectivity index (χ3v) is 5.80. The summed E-state index contributed by atoms with van der Waals surface area (Å²) in [6.07, 6.45) is 5.57. The van der Waals surface area contributed by atoms with Gasteiger partial charge in [-0.05, 0) is 51.3 Å². The van der Waals surface area contributed by atoms with E-state index in [0.29, 0.717) is 39.0 Å². The number of hydrogen-bond acceptors (Lipinski definition) is 3. The van der Waals surface area contributed by atoms with Gasteiger partial charge in [0.2, 0.25) is 11.8 Å². The van der Waals surface area contributed by atoms with Crippen molar-refractivity contribution in [1.82, 2.24) is 14.7 Å². The van der Waals surface area contributed by atoms with Crippen LogP contribution < -0.4 is 0 Å². The maximum Gasteiger partial charge on any atom is 0.223 e. The van der Waals surface area contributed by atoms with E-state index in [4.69, 9.17) is 0 Å². The number of hydrogen-bond donors (Lipinski definition) is 0. The van der Waals surface area contributed by atoms with E-state index in [1.165, 1.54) is 24.0 Å². The third kappa shape index (κ3) is 6.06. The average Bonchev–Trinajstić information content (AvgIpc) is 3.21. The van der Waals surface area contributed by atoms with Gasteiger partial charge in [0, 0.05) is 45.6 Å². The van der Waals surface area contributed by atoms with Crippen LogP contribution in [0.1, 0.15) is 43.2 Å². The molecule has 2 heterocycles. The Labute approximate surface area is 163 Å². The molecular formula is C22H33N3O2. The number of aryl methyl sites for hydroxylation is 2. The topological polar surface area (TPSA) is 43.9 Å². The van der Waals surface area contributed by atoms with Gasteiger partial charge in [-0.2, -0.15) is 0 Å². The van der Waals surface area contributed by atoms with Crippen LogP contribution in [0.25, 0.3) is 0 Å². The fourth-order valence-electron chi connectivity index (χ4n) is 3.98. The van der Waals surface area contributed by atoms with Crippen molar-refractivity contribution in [2.24, 2.45) is 0 Å². The highest BCUT2D eigenvalue weighted by atomic mass is 16.2. The van der Waals surface area contributed by atoms with Crippen LogP contribution >= 0.6 is 0 Å². The Morgan fingerprint density at radius 1 is 0.815 bits per heavy atom. The second kappa shape index (κ2) is 9.88. The first-order valence-corrected chi connectivity index (χ1v) is 10.5. The lowest BCUT2D eigenvalue weighted by Crippen LogP contribution is -2.51. The van der Waals surface area contributed by atoms with E-state index < -0.39 is 0 Å². The highest BCUT2D eigenvalue weighted by Gasteiger charge is 2.24. The molecule has 0 aliphatic carbocycles. The number of rotatable bonds is 7. The molecule has 1 aromatic carbocycles. The average molecular weight is 372 g/mol. The lowest BCUT2D eigenvalue weighted by Gasteiger charge is -2.35. The van der Waals surface area contributed by atoms with Gasteiger partial charge in [-0.25, -0.2) is 0 Å². The number of likely N-dealkylation sites (tertiary alicyclic amines) is 1. The first kappa shape index (κ1) is 19.9. The van der Waals surface area contributed by atoms with E-state index in [-0.39, 0.29) is 11.8 Å². The monoisotopic (exact) mass is 371 g/mol. The summed E-state index contributed by atoms with van der Waals surface area (Å²) in [7, 11) is 0. The fraction of sp³-hybridized carbons (Fsp3) is 0.636. The van der Waals surface area contributed by atoms with Gasteiger partial charge >= 0.3 is 0 Å². The van der Waals surface area contributed by atoms with Gasteiger partial charge in [0.25, 0.3) is 0 Å². The van der Waals surface area contributed by atoms with Gasteiger partial charge in [0.1, 0.15) is 0 Å². The maximum absolute atomic E-state index is 12.4. The SMILES string of the molecule is Cc1ccc(CCCC(=O)N2CCN(C(=O)CCN3CCCC3)CC2)cc1. The predicted molar refractivity (Wildman–Crippen MR) is 108 cm³/mol. The second-order valence-corrected chi connectivity index (χ2v) is 7.90. The van der Waals surface area contributed by atoms with Crippen molar-refractivity contribution >= 4 is 11.8 Å². The minimum atomic E-state index is 0.228. The molecule has 2 amide bonds. The van der Waals surface area contributed by atoms with E-state index in [1.54, 1.807) is 0 Å². The molecule has 2 aliphatic rings. The van der Waals surface area contributed by atoms with E-state index in [9.17, 15) is 9.59 Å². The van der Waals surface area contributed by atoms with Gasteiger partial charge in [-0.3, -0.25) is 9.59 Å². The Morgan fingerprint density at radius 3 is 1.96 bits per heavy atom. The molecule has 3 rings (SSSR count). The van der Waals surface area contributed by atoms with Crippen LogP contribution in [0.3, 0.4) is 0 Å². The zero-order valence-electron chi connectivity index (χ0n) is 16.7. The van der Waals surface area contributed by atoms with Gasteiger partial charge in [-0.15, -0.1) is 0 Å². The molecule has 0 spiro atoms.